The second-order valence-corrected chi connectivity index (χ2v) is 6.62. The van der Waals surface area contributed by atoms with E-state index in [1.807, 2.05) is 0 Å². The number of methoxy groups -OCH3 is 1. The summed E-state index contributed by atoms with van der Waals surface area (Å²) in [4.78, 5) is 11.7. The molecule has 2 rings (SSSR count). The summed E-state index contributed by atoms with van der Waals surface area (Å²) in [5.41, 5.74) is 5.98. The average molecular weight is 298 g/mol. The average Bonchev–Trinajstić information content (AvgIpc) is 2.47. The highest BCUT2D eigenvalue weighted by Crippen LogP contribution is 2.26. The molecular formula is C13H18N2O4S. The lowest BCUT2D eigenvalue weighted by Crippen LogP contribution is -2.36. The molecule has 0 spiro atoms. The number of sulfonamides is 1. The van der Waals surface area contributed by atoms with Crippen LogP contribution in [-0.2, 0) is 14.8 Å². The summed E-state index contributed by atoms with van der Waals surface area (Å²) in [6.45, 7) is 0.940. The Hall–Kier alpha value is -1.60. The van der Waals surface area contributed by atoms with Crippen LogP contribution in [0.25, 0.3) is 0 Å². The number of anilines is 1. The fourth-order valence-corrected chi connectivity index (χ4v) is 4.01. The maximum absolute atomic E-state index is 12.6. The third kappa shape index (κ3) is 2.78. The van der Waals surface area contributed by atoms with E-state index in [-0.39, 0.29) is 10.5 Å². The number of carbonyl (C=O) groups is 1. The van der Waals surface area contributed by atoms with Gasteiger partial charge >= 0.3 is 5.97 Å². The van der Waals surface area contributed by atoms with Crippen molar-refractivity contribution in [1.82, 2.24) is 4.31 Å². The van der Waals surface area contributed by atoms with Crippen LogP contribution in [0.15, 0.2) is 23.1 Å². The summed E-state index contributed by atoms with van der Waals surface area (Å²) in [6.07, 6.45) is 2.68. The summed E-state index contributed by atoms with van der Waals surface area (Å²) < 4.78 is 31.3. The van der Waals surface area contributed by atoms with Crippen LogP contribution in [-0.4, -0.2) is 38.9 Å². The molecule has 1 fully saturated rings. The summed E-state index contributed by atoms with van der Waals surface area (Å²) in [5, 5.41) is 0. The van der Waals surface area contributed by atoms with E-state index in [9.17, 15) is 13.2 Å². The predicted molar refractivity (Wildman–Crippen MR) is 74.8 cm³/mol. The standard InChI is InChI=1S/C13H18N2O4S/c1-19-13(16)11-6-5-10(14)9-12(11)20(17,18)15-7-3-2-4-8-15/h5-6,9H,2-4,7-8,14H2,1H3. The van der Waals surface area contributed by atoms with Crippen molar-refractivity contribution in [1.29, 1.82) is 0 Å². The molecule has 1 saturated heterocycles. The van der Waals surface area contributed by atoms with Gasteiger partial charge in [0.2, 0.25) is 10.0 Å². The molecule has 1 heterocycles. The van der Waals surface area contributed by atoms with Crippen molar-refractivity contribution in [3.63, 3.8) is 0 Å². The molecule has 0 radical (unpaired) electrons. The van der Waals surface area contributed by atoms with Crippen molar-refractivity contribution in [3.8, 4) is 0 Å². The minimum Gasteiger partial charge on any atom is -0.465 e. The normalized spacial score (nSPS) is 16.9. The SMILES string of the molecule is COC(=O)c1ccc(N)cc1S(=O)(=O)N1CCCCC1. The lowest BCUT2D eigenvalue weighted by atomic mass is 10.2. The number of hydrogen-bond donors (Lipinski definition) is 1. The van der Waals surface area contributed by atoms with E-state index in [1.54, 1.807) is 0 Å². The number of nitrogen functional groups attached to an aromatic ring is 1. The lowest BCUT2D eigenvalue weighted by Gasteiger charge is -2.26. The summed E-state index contributed by atoms with van der Waals surface area (Å²) >= 11 is 0. The first-order chi connectivity index (χ1) is 9.46. The van der Waals surface area contributed by atoms with Crippen molar-refractivity contribution in [2.45, 2.75) is 24.2 Å². The molecule has 0 amide bonds. The van der Waals surface area contributed by atoms with Gasteiger partial charge in [-0.1, -0.05) is 6.42 Å². The van der Waals surface area contributed by atoms with E-state index in [2.05, 4.69) is 4.74 Å². The maximum atomic E-state index is 12.6. The van der Waals surface area contributed by atoms with Crippen LogP contribution in [0.1, 0.15) is 29.6 Å². The van der Waals surface area contributed by atoms with Crippen LogP contribution in [0.3, 0.4) is 0 Å². The van der Waals surface area contributed by atoms with Gasteiger partial charge in [-0.3, -0.25) is 0 Å². The zero-order valence-electron chi connectivity index (χ0n) is 11.3. The molecule has 7 heteroatoms. The first kappa shape index (κ1) is 14.8. The third-order valence-electron chi connectivity index (χ3n) is 3.34. The van der Waals surface area contributed by atoms with E-state index < -0.39 is 16.0 Å². The van der Waals surface area contributed by atoms with Crippen molar-refractivity contribution in [2.75, 3.05) is 25.9 Å². The van der Waals surface area contributed by atoms with Crippen LogP contribution in [0.4, 0.5) is 5.69 Å². The number of nitrogens with zero attached hydrogens (tertiary/aromatic N) is 1. The van der Waals surface area contributed by atoms with E-state index >= 15 is 0 Å². The topological polar surface area (TPSA) is 89.7 Å². The number of hydrogen-bond acceptors (Lipinski definition) is 5. The number of rotatable bonds is 3. The van der Waals surface area contributed by atoms with Crippen LogP contribution in [0.5, 0.6) is 0 Å². The molecule has 0 atom stereocenters. The summed E-state index contributed by atoms with van der Waals surface area (Å²) in [6, 6.07) is 4.19. The number of ether oxygens (including phenoxy) is 1. The highest BCUT2D eigenvalue weighted by Gasteiger charge is 2.30. The van der Waals surface area contributed by atoms with Crippen molar-refractivity contribution < 1.29 is 17.9 Å². The van der Waals surface area contributed by atoms with Gasteiger partial charge in [0.05, 0.1) is 17.6 Å². The first-order valence-electron chi connectivity index (χ1n) is 6.45. The van der Waals surface area contributed by atoms with Crippen LogP contribution >= 0.6 is 0 Å². The van der Waals surface area contributed by atoms with Crippen molar-refractivity contribution in [3.05, 3.63) is 23.8 Å². The Balaban J connectivity index is 2.49. The first-order valence-corrected chi connectivity index (χ1v) is 7.89. The molecule has 1 aliphatic rings. The number of esters is 1. The zero-order valence-corrected chi connectivity index (χ0v) is 12.1. The highest BCUT2D eigenvalue weighted by molar-refractivity contribution is 7.89. The smallest absolute Gasteiger partial charge is 0.339 e. The lowest BCUT2D eigenvalue weighted by molar-refractivity contribution is 0.0596. The molecule has 6 nitrogen and oxygen atoms in total. The van der Waals surface area contributed by atoms with Crippen LogP contribution in [0, 0.1) is 0 Å². The number of carbonyl (C=O) groups excluding carboxylic acids is 1. The van der Waals surface area contributed by atoms with Gasteiger partial charge in [-0.05, 0) is 31.0 Å². The molecule has 0 aliphatic carbocycles. The summed E-state index contributed by atoms with van der Waals surface area (Å²) in [5.74, 6) is -0.680. The third-order valence-corrected chi connectivity index (χ3v) is 5.28. The molecular weight excluding hydrogens is 280 g/mol. The van der Waals surface area contributed by atoms with Crippen LogP contribution in [0.2, 0.25) is 0 Å². The van der Waals surface area contributed by atoms with Gasteiger partial charge in [-0.25, -0.2) is 13.2 Å². The van der Waals surface area contributed by atoms with Gasteiger partial charge in [0.25, 0.3) is 0 Å². The van der Waals surface area contributed by atoms with E-state index in [0.29, 0.717) is 18.8 Å². The van der Waals surface area contributed by atoms with Gasteiger partial charge in [0, 0.05) is 18.8 Å². The molecule has 1 aromatic rings. The quantitative estimate of drug-likeness (QED) is 0.669. The highest BCUT2D eigenvalue weighted by atomic mass is 32.2. The van der Waals surface area contributed by atoms with Gasteiger partial charge in [0.15, 0.2) is 0 Å². The van der Waals surface area contributed by atoms with Gasteiger partial charge in [0.1, 0.15) is 0 Å². The molecule has 0 unspecified atom stereocenters. The fourth-order valence-electron chi connectivity index (χ4n) is 2.28. The summed E-state index contributed by atoms with van der Waals surface area (Å²) in [7, 11) is -2.50. The molecule has 1 aromatic carbocycles. The zero-order chi connectivity index (χ0) is 14.8. The van der Waals surface area contributed by atoms with E-state index in [1.165, 1.54) is 29.6 Å². The van der Waals surface area contributed by atoms with E-state index in [0.717, 1.165) is 19.3 Å². The largest absolute Gasteiger partial charge is 0.465 e. The Morgan fingerprint density at radius 2 is 1.90 bits per heavy atom. The molecule has 110 valence electrons. The molecule has 2 N–H and O–H groups in total. The Morgan fingerprint density at radius 1 is 1.25 bits per heavy atom. The van der Waals surface area contributed by atoms with Gasteiger partial charge in [-0.15, -0.1) is 0 Å². The molecule has 1 aliphatic heterocycles. The predicted octanol–water partition coefficient (Wildman–Crippen LogP) is 1.23. The number of benzene rings is 1. The molecule has 0 bridgehead atoms. The Bertz CT molecular complexity index is 607. The Morgan fingerprint density at radius 3 is 2.50 bits per heavy atom. The minimum atomic E-state index is -3.72. The number of piperidine rings is 1. The van der Waals surface area contributed by atoms with Crippen molar-refractivity contribution >= 4 is 21.7 Å². The second-order valence-electron chi connectivity index (χ2n) is 4.71. The Kier molecular flexibility index (Phi) is 4.29. The Labute approximate surface area is 118 Å². The molecule has 0 saturated carbocycles. The maximum Gasteiger partial charge on any atom is 0.339 e. The monoisotopic (exact) mass is 298 g/mol. The van der Waals surface area contributed by atoms with Gasteiger partial charge < -0.3 is 10.5 Å². The molecule has 0 aromatic heterocycles. The fraction of sp³-hybridized carbons (Fsp3) is 0.462. The molecule has 20 heavy (non-hydrogen) atoms. The van der Waals surface area contributed by atoms with Crippen molar-refractivity contribution in [2.24, 2.45) is 0 Å². The number of nitrogens with two attached hydrogens (primary N) is 1. The van der Waals surface area contributed by atoms with Crippen LogP contribution < -0.4 is 5.73 Å². The van der Waals surface area contributed by atoms with E-state index in [4.69, 9.17) is 5.73 Å². The minimum absolute atomic E-state index is 0.0206. The second kappa shape index (κ2) is 5.80. The van der Waals surface area contributed by atoms with Gasteiger partial charge in [-0.2, -0.15) is 4.31 Å².